The highest BCUT2D eigenvalue weighted by molar-refractivity contribution is 5.85. The molecule has 2 aromatic rings. The smallest absolute Gasteiger partial charge is 0.234 e. The van der Waals surface area contributed by atoms with Gasteiger partial charge in [0.2, 0.25) is 5.91 Å². The second-order valence-electron chi connectivity index (χ2n) is 3.80. The van der Waals surface area contributed by atoms with Crippen molar-refractivity contribution in [2.45, 2.75) is 19.5 Å². The summed E-state index contributed by atoms with van der Waals surface area (Å²) < 4.78 is 0. The van der Waals surface area contributed by atoms with Gasteiger partial charge in [-0.3, -0.25) is 9.89 Å². The number of rotatable bonds is 4. The molecule has 0 saturated carbocycles. The van der Waals surface area contributed by atoms with E-state index in [0.717, 1.165) is 16.5 Å². The lowest BCUT2D eigenvalue weighted by Crippen LogP contribution is -2.38. The Kier molecular flexibility index (Phi) is 4.48. The molecule has 4 N–H and O–H groups in total. The van der Waals surface area contributed by atoms with Gasteiger partial charge in [0, 0.05) is 11.9 Å². The van der Waals surface area contributed by atoms with E-state index in [-0.39, 0.29) is 24.4 Å². The third kappa shape index (κ3) is 3.18. The number of carbonyl (C=O) groups excluding carboxylic acids is 1. The van der Waals surface area contributed by atoms with Gasteiger partial charge in [-0.15, -0.1) is 12.4 Å². The molecule has 17 heavy (non-hydrogen) atoms. The summed E-state index contributed by atoms with van der Waals surface area (Å²) in [6.07, 6.45) is 1.78. The van der Waals surface area contributed by atoms with Crippen molar-refractivity contribution in [3.63, 3.8) is 0 Å². The fraction of sp³-hybridized carbons (Fsp3) is 0.273. The van der Waals surface area contributed by atoms with Gasteiger partial charge in [-0.05, 0) is 18.6 Å². The number of nitrogens with one attached hydrogen (secondary N) is 2. The maximum atomic E-state index is 10.8. The molecule has 0 radical (unpaired) electrons. The van der Waals surface area contributed by atoms with E-state index in [9.17, 15) is 4.79 Å². The molecule has 0 aliphatic heterocycles. The maximum Gasteiger partial charge on any atom is 0.234 e. The molecule has 92 valence electrons. The van der Waals surface area contributed by atoms with E-state index in [1.807, 2.05) is 18.2 Å². The zero-order chi connectivity index (χ0) is 11.5. The quantitative estimate of drug-likeness (QED) is 0.760. The van der Waals surface area contributed by atoms with Crippen molar-refractivity contribution in [3.8, 4) is 0 Å². The second kappa shape index (κ2) is 5.65. The summed E-state index contributed by atoms with van der Waals surface area (Å²) >= 11 is 0. The summed E-state index contributed by atoms with van der Waals surface area (Å²) in [6.45, 7) is 2.36. The van der Waals surface area contributed by atoms with Crippen LogP contribution in [0.5, 0.6) is 0 Å². The minimum absolute atomic E-state index is 0. The predicted octanol–water partition coefficient (Wildman–Crippen LogP) is 0.948. The van der Waals surface area contributed by atoms with E-state index >= 15 is 0 Å². The average molecular weight is 255 g/mol. The van der Waals surface area contributed by atoms with Gasteiger partial charge in [0.1, 0.15) is 0 Å². The number of benzene rings is 1. The van der Waals surface area contributed by atoms with Crippen molar-refractivity contribution < 1.29 is 4.79 Å². The van der Waals surface area contributed by atoms with Crippen LogP contribution in [-0.2, 0) is 11.3 Å². The van der Waals surface area contributed by atoms with Crippen LogP contribution in [0.4, 0.5) is 0 Å². The highest BCUT2D eigenvalue weighted by atomic mass is 35.5. The molecule has 1 aromatic heterocycles. The number of aromatic amines is 1. The number of hydrogen-bond donors (Lipinski definition) is 3. The molecule has 5 nitrogen and oxygen atoms in total. The van der Waals surface area contributed by atoms with Gasteiger partial charge in [-0.25, -0.2) is 0 Å². The van der Waals surface area contributed by atoms with E-state index in [1.165, 1.54) is 0 Å². The van der Waals surface area contributed by atoms with E-state index in [0.29, 0.717) is 6.54 Å². The lowest BCUT2D eigenvalue weighted by atomic mass is 10.1. The number of amides is 1. The maximum absolute atomic E-state index is 10.8. The predicted molar refractivity (Wildman–Crippen MR) is 68.8 cm³/mol. The Labute approximate surface area is 105 Å². The topological polar surface area (TPSA) is 83.8 Å². The number of H-pyrrole nitrogens is 1. The summed E-state index contributed by atoms with van der Waals surface area (Å²) in [5, 5.41) is 11.0. The van der Waals surface area contributed by atoms with Crippen molar-refractivity contribution in [1.29, 1.82) is 0 Å². The highest BCUT2D eigenvalue weighted by Gasteiger charge is 2.07. The van der Waals surface area contributed by atoms with Crippen molar-refractivity contribution in [1.82, 2.24) is 15.5 Å². The van der Waals surface area contributed by atoms with Crippen LogP contribution in [0.2, 0.25) is 0 Å². The van der Waals surface area contributed by atoms with Gasteiger partial charge in [-0.1, -0.05) is 12.1 Å². The van der Waals surface area contributed by atoms with E-state index in [1.54, 1.807) is 13.1 Å². The Hall–Kier alpha value is -1.59. The zero-order valence-corrected chi connectivity index (χ0v) is 10.3. The van der Waals surface area contributed by atoms with Crippen LogP contribution >= 0.6 is 12.4 Å². The Morgan fingerprint density at radius 3 is 3.06 bits per heavy atom. The minimum Gasteiger partial charge on any atom is -0.368 e. The number of hydrogen-bond acceptors (Lipinski definition) is 3. The van der Waals surface area contributed by atoms with Gasteiger partial charge in [0.05, 0.1) is 17.8 Å². The average Bonchev–Trinajstić information content (AvgIpc) is 2.72. The number of carbonyl (C=O) groups is 1. The lowest BCUT2D eigenvalue weighted by Gasteiger charge is -2.09. The highest BCUT2D eigenvalue weighted by Crippen LogP contribution is 2.12. The lowest BCUT2D eigenvalue weighted by molar-refractivity contribution is -0.119. The first-order chi connectivity index (χ1) is 7.66. The Morgan fingerprint density at radius 2 is 2.35 bits per heavy atom. The van der Waals surface area contributed by atoms with Gasteiger partial charge in [-0.2, -0.15) is 5.10 Å². The number of aromatic nitrogens is 2. The van der Waals surface area contributed by atoms with Crippen molar-refractivity contribution in [3.05, 3.63) is 30.0 Å². The molecular formula is C11H15ClN4O. The molecule has 1 heterocycles. The molecular weight excluding hydrogens is 240 g/mol. The summed E-state index contributed by atoms with van der Waals surface area (Å²) in [6, 6.07) is 5.67. The number of nitrogens with zero attached hydrogens (tertiary/aromatic N) is 1. The summed E-state index contributed by atoms with van der Waals surface area (Å²) in [5.41, 5.74) is 7.24. The number of fused-ring (bicyclic) bond motifs is 1. The molecule has 0 aliphatic carbocycles. The normalized spacial score (nSPS) is 12.1. The van der Waals surface area contributed by atoms with Crippen molar-refractivity contribution >= 4 is 29.2 Å². The fourth-order valence-corrected chi connectivity index (χ4v) is 1.47. The second-order valence-corrected chi connectivity index (χ2v) is 3.80. The van der Waals surface area contributed by atoms with E-state index < -0.39 is 0 Å². The summed E-state index contributed by atoms with van der Waals surface area (Å²) in [5.74, 6) is -0.345. The van der Waals surface area contributed by atoms with Crippen LogP contribution in [0.25, 0.3) is 10.9 Å². The first-order valence-corrected chi connectivity index (χ1v) is 5.11. The molecule has 1 atom stereocenters. The Balaban J connectivity index is 0.00000144. The Morgan fingerprint density at radius 1 is 1.59 bits per heavy atom. The molecule has 0 fully saturated rings. The largest absolute Gasteiger partial charge is 0.368 e. The van der Waals surface area contributed by atoms with E-state index in [2.05, 4.69) is 15.5 Å². The molecule has 1 unspecified atom stereocenters. The van der Waals surface area contributed by atoms with Crippen LogP contribution in [0, 0.1) is 0 Å². The number of nitrogens with two attached hydrogens (primary N) is 1. The SMILES string of the molecule is CC(NCc1ccc2cn[nH]c2c1)C(N)=O.Cl. The van der Waals surface area contributed by atoms with Crippen LogP contribution in [0.3, 0.4) is 0 Å². The molecule has 0 bridgehead atoms. The number of primary amides is 1. The Bertz CT molecular complexity index is 511. The van der Waals surface area contributed by atoms with E-state index in [4.69, 9.17) is 5.73 Å². The van der Waals surface area contributed by atoms with Crippen LogP contribution in [-0.4, -0.2) is 22.1 Å². The van der Waals surface area contributed by atoms with Crippen LogP contribution in [0.15, 0.2) is 24.4 Å². The first-order valence-electron chi connectivity index (χ1n) is 5.11. The van der Waals surface area contributed by atoms with Crippen LogP contribution in [0.1, 0.15) is 12.5 Å². The van der Waals surface area contributed by atoms with Crippen LogP contribution < -0.4 is 11.1 Å². The molecule has 1 aromatic carbocycles. The van der Waals surface area contributed by atoms with Crippen molar-refractivity contribution in [2.75, 3.05) is 0 Å². The van der Waals surface area contributed by atoms with Gasteiger partial charge in [0.15, 0.2) is 0 Å². The molecule has 2 rings (SSSR count). The third-order valence-electron chi connectivity index (χ3n) is 2.55. The zero-order valence-electron chi connectivity index (χ0n) is 9.43. The monoisotopic (exact) mass is 254 g/mol. The number of halogens is 1. The fourth-order valence-electron chi connectivity index (χ4n) is 1.47. The first kappa shape index (κ1) is 13.5. The molecule has 0 spiro atoms. The van der Waals surface area contributed by atoms with Gasteiger partial charge in [0.25, 0.3) is 0 Å². The van der Waals surface area contributed by atoms with Gasteiger partial charge < -0.3 is 11.1 Å². The van der Waals surface area contributed by atoms with Crippen molar-refractivity contribution in [2.24, 2.45) is 5.73 Å². The summed E-state index contributed by atoms with van der Waals surface area (Å²) in [4.78, 5) is 10.8. The molecule has 0 saturated heterocycles. The summed E-state index contributed by atoms with van der Waals surface area (Å²) in [7, 11) is 0. The molecule has 6 heteroatoms. The standard InChI is InChI=1S/C11H14N4O.ClH/c1-7(11(12)16)13-5-8-2-3-9-6-14-15-10(9)4-8;/h2-4,6-7,13H,5H2,1H3,(H2,12,16)(H,14,15);1H. The van der Waals surface area contributed by atoms with Gasteiger partial charge >= 0.3 is 0 Å². The molecule has 0 aliphatic rings. The third-order valence-corrected chi connectivity index (χ3v) is 2.55. The minimum atomic E-state index is -0.345. The molecule has 1 amide bonds.